The molecule has 3 heteroatoms. The first-order valence-corrected chi connectivity index (χ1v) is 6.39. The van der Waals surface area contributed by atoms with Gasteiger partial charge in [-0.15, -0.1) is 0 Å². The van der Waals surface area contributed by atoms with Crippen LogP contribution in [0.1, 0.15) is 39.2 Å². The van der Waals surface area contributed by atoms with E-state index in [1.807, 2.05) is 6.20 Å². The minimum atomic E-state index is 0.532. The minimum absolute atomic E-state index is 0.532. The van der Waals surface area contributed by atoms with Gasteiger partial charge < -0.3 is 5.32 Å². The summed E-state index contributed by atoms with van der Waals surface area (Å²) in [6.07, 6.45) is 6.43. The molecule has 0 fully saturated rings. The maximum atomic E-state index is 4.36. The van der Waals surface area contributed by atoms with E-state index < -0.39 is 0 Å². The molecule has 0 saturated heterocycles. The summed E-state index contributed by atoms with van der Waals surface area (Å²) in [5, 5.41) is 7.97. The lowest BCUT2D eigenvalue weighted by molar-refractivity contribution is 0.319. The van der Waals surface area contributed by atoms with Crippen LogP contribution in [0.3, 0.4) is 0 Å². The number of aromatic nitrogens is 2. The Morgan fingerprint density at radius 3 is 2.69 bits per heavy atom. The van der Waals surface area contributed by atoms with E-state index in [4.69, 9.17) is 0 Å². The third-order valence-corrected chi connectivity index (χ3v) is 3.13. The maximum absolute atomic E-state index is 4.36. The molecule has 1 heterocycles. The van der Waals surface area contributed by atoms with Crippen LogP contribution in [0.4, 0.5) is 0 Å². The zero-order valence-corrected chi connectivity index (χ0v) is 11.0. The lowest BCUT2D eigenvalue weighted by atomic mass is 9.99. The highest BCUT2D eigenvalue weighted by molar-refractivity contribution is 4.99. The van der Waals surface area contributed by atoms with Gasteiger partial charge in [-0.2, -0.15) is 5.10 Å². The van der Waals surface area contributed by atoms with Crippen molar-refractivity contribution < 1.29 is 0 Å². The standard InChI is InChI=1S/C13H25N3/c1-5-7-14-13(12(4)6-2)10-16-9-11(3)8-15-16/h8-9,12-14H,5-7,10H2,1-4H3. The van der Waals surface area contributed by atoms with Crippen LogP contribution in [0.2, 0.25) is 0 Å². The van der Waals surface area contributed by atoms with E-state index in [9.17, 15) is 0 Å². The summed E-state index contributed by atoms with van der Waals surface area (Å²) in [5.41, 5.74) is 1.23. The molecule has 1 aromatic heterocycles. The molecule has 0 spiro atoms. The van der Waals surface area contributed by atoms with E-state index >= 15 is 0 Å². The highest BCUT2D eigenvalue weighted by Crippen LogP contribution is 2.10. The van der Waals surface area contributed by atoms with Crippen molar-refractivity contribution >= 4 is 0 Å². The lowest BCUT2D eigenvalue weighted by Crippen LogP contribution is -2.39. The fourth-order valence-corrected chi connectivity index (χ4v) is 1.83. The van der Waals surface area contributed by atoms with Crippen LogP contribution in [-0.2, 0) is 6.54 Å². The summed E-state index contributed by atoms with van der Waals surface area (Å²) in [7, 11) is 0. The maximum Gasteiger partial charge on any atom is 0.0565 e. The van der Waals surface area contributed by atoms with Crippen molar-refractivity contribution in [2.24, 2.45) is 5.92 Å². The second-order valence-corrected chi connectivity index (χ2v) is 4.69. The Morgan fingerprint density at radius 2 is 2.19 bits per heavy atom. The third kappa shape index (κ3) is 3.97. The molecule has 92 valence electrons. The Morgan fingerprint density at radius 1 is 1.44 bits per heavy atom. The Labute approximate surface area is 99.2 Å². The van der Waals surface area contributed by atoms with Crippen LogP contribution in [0.25, 0.3) is 0 Å². The highest BCUT2D eigenvalue weighted by atomic mass is 15.3. The van der Waals surface area contributed by atoms with E-state index in [-0.39, 0.29) is 0 Å². The monoisotopic (exact) mass is 223 g/mol. The van der Waals surface area contributed by atoms with Crippen LogP contribution in [0.15, 0.2) is 12.4 Å². The quantitative estimate of drug-likeness (QED) is 0.770. The van der Waals surface area contributed by atoms with Gasteiger partial charge in [-0.25, -0.2) is 0 Å². The summed E-state index contributed by atoms with van der Waals surface area (Å²) in [4.78, 5) is 0. The Balaban J connectivity index is 2.55. The van der Waals surface area contributed by atoms with Crippen molar-refractivity contribution in [1.29, 1.82) is 0 Å². The molecular formula is C13H25N3. The molecule has 0 aromatic carbocycles. The van der Waals surface area contributed by atoms with E-state index in [1.54, 1.807) is 0 Å². The van der Waals surface area contributed by atoms with Gasteiger partial charge in [0, 0.05) is 12.2 Å². The number of hydrogen-bond donors (Lipinski definition) is 1. The molecule has 0 aliphatic rings. The molecule has 2 atom stereocenters. The van der Waals surface area contributed by atoms with Gasteiger partial charge in [-0.1, -0.05) is 27.2 Å². The summed E-state index contributed by atoms with van der Waals surface area (Å²) in [6, 6.07) is 0.532. The Bertz CT molecular complexity index is 293. The summed E-state index contributed by atoms with van der Waals surface area (Å²) < 4.78 is 2.05. The molecule has 1 aromatic rings. The first-order chi connectivity index (χ1) is 7.67. The number of aryl methyl sites for hydroxylation is 1. The van der Waals surface area contributed by atoms with Crippen molar-refractivity contribution in [3.63, 3.8) is 0 Å². The second-order valence-electron chi connectivity index (χ2n) is 4.69. The number of nitrogens with zero attached hydrogens (tertiary/aromatic N) is 2. The van der Waals surface area contributed by atoms with E-state index in [0.29, 0.717) is 12.0 Å². The zero-order valence-electron chi connectivity index (χ0n) is 11.0. The van der Waals surface area contributed by atoms with Crippen molar-refractivity contribution in [2.45, 2.75) is 53.1 Å². The third-order valence-electron chi connectivity index (χ3n) is 3.13. The summed E-state index contributed by atoms with van der Waals surface area (Å²) >= 11 is 0. The van der Waals surface area contributed by atoms with Crippen LogP contribution in [-0.4, -0.2) is 22.4 Å². The van der Waals surface area contributed by atoms with Crippen molar-refractivity contribution in [3.05, 3.63) is 18.0 Å². The SMILES string of the molecule is CCCNC(Cn1cc(C)cn1)C(C)CC. The van der Waals surface area contributed by atoms with Gasteiger partial charge in [0.15, 0.2) is 0 Å². The first-order valence-electron chi connectivity index (χ1n) is 6.39. The molecular weight excluding hydrogens is 198 g/mol. The fraction of sp³-hybridized carbons (Fsp3) is 0.769. The van der Waals surface area contributed by atoms with Gasteiger partial charge in [0.2, 0.25) is 0 Å². The molecule has 0 radical (unpaired) electrons. The molecule has 0 saturated carbocycles. The van der Waals surface area contributed by atoms with Gasteiger partial charge in [0.1, 0.15) is 0 Å². The summed E-state index contributed by atoms with van der Waals surface area (Å²) in [6.45, 7) is 10.9. The van der Waals surface area contributed by atoms with E-state index in [0.717, 1.165) is 13.1 Å². The number of rotatable bonds is 7. The molecule has 1 N–H and O–H groups in total. The van der Waals surface area contributed by atoms with Crippen LogP contribution < -0.4 is 5.32 Å². The predicted molar refractivity (Wildman–Crippen MR) is 68.5 cm³/mol. The number of hydrogen-bond acceptors (Lipinski definition) is 2. The van der Waals surface area contributed by atoms with Gasteiger partial charge >= 0.3 is 0 Å². The zero-order chi connectivity index (χ0) is 12.0. The van der Waals surface area contributed by atoms with E-state index in [2.05, 4.69) is 49.0 Å². The topological polar surface area (TPSA) is 29.9 Å². The molecule has 16 heavy (non-hydrogen) atoms. The molecule has 0 amide bonds. The average molecular weight is 223 g/mol. The second kappa shape index (κ2) is 6.69. The predicted octanol–water partition coefficient (Wildman–Crippen LogP) is 2.61. The minimum Gasteiger partial charge on any atom is -0.312 e. The van der Waals surface area contributed by atoms with Crippen molar-refractivity contribution in [2.75, 3.05) is 6.54 Å². The largest absolute Gasteiger partial charge is 0.312 e. The Hall–Kier alpha value is -0.830. The van der Waals surface area contributed by atoms with Crippen LogP contribution >= 0.6 is 0 Å². The highest BCUT2D eigenvalue weighted by Gasteiger charge is 2.15. The van der Waals surface area contributed by atoms with Gasteiger partial charge in [0.05, 0.1) is 12.7 Å². The van der Waals surface area contributed by atoms with Crippen LogP contribution in [0, 0.1) is 12.8 Å². The first kappa shape index (κ1) is 13.2. The Kier molecular flexibility index (Phi) is 5.53. The number of nitrogens with one attached hydrogen (secondary N) is 1. The molecule has 1 rings (SSSR count). The summed E-state index contributed by atoms with van der Waals surface area (Å²) in [5.74, 6) is 0.691. The smallest absolute Gasteiger partial charge is 0.0565 e. The van der Waals surface area contributed by atoms with Crippen molar-refractivity contribution in [3.8, 4) is 0 Å². The van der Waals surface area contributed by atoms with E-state index in [1.165, 1.54) is 18.4 Å². The molecule has 0 bridgehead atoms. The average Bonchev–Trinajstić information content (AvgIpc) is 2.69. The lowest BCUT2D eigenvalue weighted by Gasteiger charge is -2.24. The molecule has 0 aliphatic carbocycles. The molecule has 2 unspecified atom stereocenters. The molecule has 0 aliphatic heterocycles. The van der Waals surface area contributed by atoms with Gasteiger partial charge in [-0.3, -0.25) is 4.68 Å². The normalized spacial score (nSPS) is 15.0. The van der Waals surface area contributed by atoms with Crippen molar-refractivity contribution in [1.82, 2.24) is 15.1 Å². The van der Waals surface area contributed by atoms with Crippen LogP contribution in [0.5, 0.6) is 0 Å². The fourth-order valence-electron chi connectivity index (χ4n) is 1.83. The molecule has 3 nitrogen and oxygen atoms in total. The van der Waals surface area contributed by atoms with Gasteiger partial charge in [-0.05, 0) is 31.4 Å². The van der Waals surface area contributed by atoms with Gasteiger partial charge in [0.25, 0.3) is 0 Å².